The van der Waals surface area contributed by atoms with Gasteiger partial charge < -0.3 is 10.1 Å². The van der Waals surface area contributed by atoms with Crippen molar-refractivity contribution >= 4 is 11.7 Å². The fraction of sp³-hybridized carbons (Fsp3) is 0.739. The molecule has 1 amide bonds. The van der Waals surface area contributed by atoms with Crippen molar-refractivity contribution in [2.45, 2.75) is 59.9 Å². The van der Waals surface area contributed by atoms with Crippen molar-refractivity contribution in [1.29, 1.82) is 0 Å². The number of likely N-dealkylation sites (tertiary alicyclic amines) is 1. The van der Waals surface area contributed by atoms with Gasteiger partial charge in [-0.15, -0.1) is 0 Å². The molecular formula is C23H43N3O3. The maximum absolute atomic E-state index is 11.3. The normalized spacial score (nSPS) is 18.1. The molecule has 0 aromatic carbocycles. The number of ether oxygens (including phenoxy) is 1. The number of allylic oxidation sites excluding steroid dienone is 1. The van der Waals surface area contributed by atoms with Gasteiger partial charge in [-0.2, -0.15) is 0 Å². The molecule has 0 saturated carbocycles. The van der Waals surface area contributed by atoms with Crippen molar-refractivity contribution in [1.82, 2.24) is 15.1 Å². The van der Waals surface area contributed by atoms with Crippen LogP contribution in [0.25, 0.3) is 0 Å². The summed E-state index contributed by atoms with van der Waals surface area (Å²) in [6, 6.07) is 0.200. The van der Waals surface area contributed by atoms with E-state index in [1.807, 2.05) is 39.8 Å². The second kappa shape index (κ2) is 18.5. The number of hydrogen-bond acceptors (Lipinski definition) is 5. The van der Waals surface area contributed by atoms with Gasteiger partial charge >= 0.3 is 0 Å². The highest BCUT2D eigenvalue weighted by Crippen LogP contribution is 2.07. The van der Waals surface area contributed by atoms with Crippen molar-refractivity contribution in [3.05, 3.63) is 24.3 Å². The number of carbonyl (C=O) groups is 2. The summed E-state index contributed by atoms with van der Waals surface area (Å²) in [6.45, 7) is 17.2. The molecular weight excluding hydrogens is 366 g/mol. The molecule has 0 aliphatic carbocycles. The van der Waals surface area contributed by atoms with E-state index in [1.54, 1.807) is 19.1 Å². The number of hydrogen-bond donors (Lipinski definition) is 1. The number of morpholine rings is 1. The van der Waals surface area contributed by atoms with Gasteiger partial charge in [0.25, 0.3) is 0 Å². The van der Waals surface area contributed by atoms with E-state index in [0.717, 1.165) is 39.4 Å². The zero-order valence-corrected chi connectivity index (χ0v) is 19.3. The Kier molecular flexibility index (Phi) is 17.6. The molecule has 2 saturated heterocycles. The number of carbonyl (C=O) groups excluding carboxylic acids is 2. The lowest BCUT2D eigenvalue weighted by Gasteiger charge is -2.25. The predicted octanol–water partition coefficient (Wildman–Crippen LogP) is 3.04. The highest BCUT2D eigenvalue weighted by molar-refractivity contribution is 5.87. The number of ketones is 1. The summed E-state index contributed by atoms with van der Waals surface area (Å²) >= 11 is 0. The van der Waals surface area contributed by atoms with Gasteiger partial charge in [-0.3, -0.25) is 19.4 Å². The molecule has 2 aliphatic rings. The molecule has 29 heavy (non-hydrogen) atoms. The Bertz CT molecular complexity index is 478. The van der Waals surface area contributed by atoms with E-state index in [9.17, 15) is 9.59 Å². The highest BCUT2D eigenvalue weighted by Gasteiger charge is 2.08. The SMILES string of the molecule is CC.CC(=O)/C=C/CN1CCCCC1.CC(C)NC(=O)/C=C/CN1CCOCC1. The van der Waals surface area contributed by atoms with Crippen molar-refractivity contribution in [2.75, 3.05) is 52.5 Å². The summed E-state index contributed by atoms with van der Waals surface area (Å²) in [5.41, 5.74) is 0. The van der Waals surface area contributed by atoms with Gasteiger partial charge in [0.2, 0.25) is 5.91 Å². The highest BCUT2D eigenvalue weighted by atomic mass is 16.5. The first-order chi connectivity index (χ1) is 14.0. The van der Waals surface area contributed by atoms with E-state index < -0.39 is 0 Å². The molecule has 0 aromatic heterocycles. The van der Waals surface area contributed by atoms with Gasteiger partial charge in [-0.25, -0.2) is 0 Å². The van der Waals surface area contributed by atoms with Gasteiger partial charge in [0.15, 0.2) is 5.78 Å². The fourth-order valence-electron chi connectivity index (χ4n) is 2.93. The molecule has 2 rings (SSSR count). The summed E-state index contributed by atoms with van der Waals surface area (Å²) in [5.74, 6) is 0.130. The molecule has 6 heteroatoms. The predicted molar refractivity (Wildman–Crippen MR) is 121 cm³/mol. The molecule has 2 aliphatic heterocycles. The van der Waals surface area contributed by atoms with Crippen LogP contribution in [0.1, 0.15) is 53.9 Å². The number of rotatable bonds is 7. The molecule has 0 radical (unpaired) electrons. The van der Waals surface area contributed by atoms with Crippen molar-refractivity contribution in [3.8, 4) is 0 Å². The monoisotopic (exact) mass is 409 g/mol. The number of piperidine rings is 1. The third kappa shape index (κ3) is 17.1. The van der Waals surface area contributed by atoms with Crippen LogP contribution in [0, 0.1) is 0 Å². The summed E-state index contributed by atoms with van der Waals surface area (Å²) in [4.78, 5) is 26.5. The second-order valence-corrected chi connectivity index (χ2v) is 7.35. The first-order valence-electron chi connectivity index (χ1n) is 11.1. The third-order valence-corrected chi connectivity index (χ3v) is 4.33. The fourth-order valence-corrected chi connectivity index (χ4v) is 2.93. The maximum atomic E-state index is 11.3. The topological polar surface area (TPSA) is 61.9 Å². The van der Waals surface area contributed by atoms with Crippen LogP contribution < -0.4 is 5.32 Å². The molecule has 1 N–H and O–H groups in total. The van der Waals surface area contributed by atoms with Crippen molar-refractivity contribution in [3.63, 3.8) is 0 Å². The van der Waals surface area contributed by atoms with Crippen LogP contribution >= 0.6 is 0 Å². The van der Waals surface area contributed by atoms with E-state index in [4.69, 9.17) is 4.74 Å². The summed E-state index contributed by atoms with van der Waals surface area (Å²) in [6.07, 6.45) is 11.1. The molecule has 168 valence electrons. The minimum Gasteiger partial charge on any atom is -0.379 e. The van der Waals surface area contributed by atoms with Gasteiger partial charge in [-0.1, -0.05) is 32.4 Å². The Hall–Kier alpha value is -1.50. The molecule has 0 bridgehead atoms. The van der Waals surface area contributed by atoms with Gasteiger partial charge in [0.1, 0.15) is 0 Å². The number of amides is 1. The number of nitrogens with one attached hydrogen (secondary N) is 1. The average molecular weight is 410 g/mol. The lowest BCUT2D eigenvalue weighted by atomic mass is 10.1. The van der Waals surface area contributed by atoms with Crippen LogP contribution in [0.15, 0.2) is 24.3 Å². The molecule has 0 spiro atoms. The van der Waals surface area contributed by atoms with E-state index in [0.29, 0.717) is 0 Å². The van der Waals surface area contributed by atoms with E-state index in [-0.39, 0.29) is 17.7 Å². The largest absolute Gasteiger partial charge is 0.379 e. The third-order valence-electron chi connectivity index (χ3n) is 4.33. The zero-order valence-electron chi connectivity index (χ0n) is 19.3. The minimum atomic E-state index is -0.0155. The smallest absolute Gasteiger partial charge is 0.243 e. The van der Waals surface area contributed by atoms with E-state index >= 15 is 0 Å². The number of nitrogens with zero attached hydrogens (tertiary/aromatic N) is 2. The Morgan fingerprint density at radius 3 is 1.93 bits per heavy atom. The average Bonchev–Trinajstić information content (AvgIpc) is 2.71. The van der Waals surface area contributed by atoms with Gasteiger partial charge in [0.05, 0.1) is 13.2 Å². The Balaban J connectivity index is 0.000000508. The maximum Gasteiger partial charge on any atom is 0.243 e. The van der Waals surface area contributed by atoms with Crippen LogP contribution in [-0.4, -0.2) is 80.0 Å². The molecule has 2 fully saturated rings. The molecule has 0 atom stereocenters. The molecule has 0 aromatic rings. The Morgan fingerprint density at radius 2 is 1.41 bits per heavy atom. The van der Waals surface area contributed by atoms with Crippen LogP contribution in [-0.2, 0) is 14.3 Å². The van der Waals surface area contributed by atoms with Crippen LogP contribution in [0.4, 0.5) is 0 Å². The zero-order chi connectivity index (χ0) is 21.9. The van der Waals surface area contributed by atoms with Crippen molar-refractivity contribution < 1.29 is 14.3 Å². The molecule has 6 nitrogen and oxygen atoms in total. The lowest BCUT2D eigenvalue weighted by molar-refractivity contribution is -0.117. The van der Waals surface area contributed by atoms with Crippen LogP contribution in [0.2, 0.25) is 0 Å². The van der Waals surface area contributed by atoms with Gasteiger partial charge in [-0.05, 0) is 52.8 Å². The van der Waals surface area contributed by atoms with E-state index in [1.165, 1.54) is 32.4 Å². The minimum absolute atomic E-state index is 0.0155. The summed E-state index contributed by atoms with van der Waals surface area (Å²) < 4.78 is 5.23. The summed E-state index contributed by atoms with van der Waals surface area (Å²) in [7, 11) is 0. The second-order valence-electron chi connectivity index (χ2n) is 7.35. The van der Waals surface area contributed by atoms with Crippen LogP contribution in [0.3, 0.4) is 0 Å². The lowest BCUT2D eigenvalue weighted by Crippen LogP contribution is -2.36. The van der Waals surface area contributed by atoms with Crippen LogP contribution in [0.5, 0.6) is 0 Å². The first-order valence-corrected chi connectivity index (χ1v) is 11.1. The first kappa shape index (κ1) is 27.5. The summed E-state index contributed by atoms with van der Waals surface area (Å²) in [5, 5.41) is 2.81. The van der Waals surface area contributed by atoms with Crippen molar-refractivity contribution in [2.24, 2.45) is 0 Å². The van der Waals surface area contributed by atoms with E-state index in [2.05, 4.69) is 15.1 Å². The molecule has 0 unspecified atom stereocenters. The Morgan fingerprint density at radius 1 is 0.897 bits per heavy atom. The quantitative estimate of drug-likeness (QED) is 0.655. The standard InChI is InChI=1S/C11H20N2O2.C10H17NO.C2H6/c1-10(2)12-11(14)4-3-5-13-6-8-15-9-7-13;1-10(12)6-5-9-11-7-3-2-4-8-11;1-2/h3-4,10H,5-9H2,1-2H3,(H,12,14);5-6H,2-4,7-9H2,1H3;1-2H3/b4-3+;6-5+;. The molecule has 2 heterocycles. The van der Waals surface area contributed by atoms with Gasteiger partial charge in [0, 0.05) is 38.3 Å². The Labute approximate surface area is 178 Å².